The number of hydrogen-bond donors (Lipinski definition) is 0. The maximum Gasteiger partial charge on any atom is 0.0780 e. The second kappa shape index (κ2) is 31.8. The van der Waals surface area contributed by atoms with Gasteiger partial charge in [0, 0.05) is 45.8 Å². The Kier molecular flexibility index (Phi) is 19.1. The van der Waals surface area contributed by atoms with Crippen molar-refractivity contribution >= 4 is 113 Å². The molecular weight excluding hydrogens is 1720 g/mol. The second-order valence-corrected chi connectivity index (χ2v) is 55.7. The molecule has 19 aromatic carbocycles. The number of benzene rings is 19. The summed E-state index contributed by atoms with van der Waals surface area (Å²) in [5, 5.41) is 21.9. The van der Waals surface area contributed by atoms with E-state index in [4.69, 9.17) is 4.98 Å². The third-order valence-electron chi connectivity index (χ3n) is 35.9. The van der Waals surface area contributed by atoms with Crippen molar-refractivity contribution in [2.45, 2.75) is 128 Å². The van der Waals surface area contributed by atoms with Gasteiger partial charge in [-0.1, -0.05) is 359 Å². The third kappa shape index (κ3) is 12.9. The van der Waals surface area contributed by atoms with Crippen molar-refractivity contribution in [3.8, 4) is 122 Å². The lowest BCUT2D eigenvalue weighted by Crippen LogP contribution is -2.55. The molecule has 0 atom stereocenters. The Hall–Kier alpha value is -14.0. The van der Waals surface area contributed by atoms with E-state index in [-0.39, 0.29) is 10.8 Å². The van der Waals surface area contributed by atoms with Crippen molar-refractivity contribution < 1.29 is 0 Å². The average molecular weight is 1830 g/mol. The maximum atomic E-state index is 5.07. The number of nitrogens with zero attached hydrogens (tertiary/aromatic N) is 2. The van der Waals surface area contributed by atoms with Gasteiger partial charge >= 0.3 is 0 Å². The first kappa shape index (κ1) is 84.1. The molecule has 0 N–H and O–H groups in total. The van der Waals surface area contributed by atoms with Gasteiger partial charge < -0.3 is 0 Å². The molecule has 8 fully saturated rings. The van der Waals surface area contributed by atoms with Gasteiger partial charge in [0.15, 0.2) is 0 Å². The van der Waals surface area contributed by atoms with Crippen molar-refractivity contribution in [2.75, 3.05) is 0 Å². The number of pyridine rings is 2. The molecule has 2 heterocycles. The number of aryl methyl sites for hydroxylation is 2. The van der Waals surface area contributed by atoms with Gasteiger partial charge in [-0.15, -0.1) is 0 Å². The van der Waals surface area contributed by atoms with E-state index in [9.17, 15) is 0 Å². The van der Waals surface area contributed by atoms with Crippen molar-refractivity contribution in [2.24, 2.45) is 47.3 Å². The second-order valence-electron chi connectivity index (χ2n) is 45.5. The van der Waals surface area contributed by atoms with Gasteiger partial charge in [0.1, 0.15) is 0 Å². The van der Waals surface area contributed by atoms with Crippen molar-refractivity contribution in [3.05, 3.63) is 410 Å². The predicted molar refractivity (Wildman–Crippen MR) is 599 cm³/mol. The highest BCUT2D eigenvalue weighted by Gasteiger charge is 2.64. The largest absolute Gasteiger partial charge is 0.264 e. The van der Waals surface area contributed by atoms with E-state index < -0.39 is 16.1 Å². The van der Waals surface area contributed by atoms with Crippen LogP contribution in [0, 0.1) is 61.2 Å². The number of aromatic nitrogens is 2. The van der Waals surface area contributed by atoms with Crippen LogP contribution < -0.4 is 10.4 Å². The molecule has 8 bridgehead atoms. The van der Waals surface area contributed by atoms with Crippen LogP contribution in [-0.2, 0) is 10.8 Å². The summed E-state index contributed by atoms with van der Waals surface area (Å²) in [6, 6.07) is 139. The third-order valence-corrected chi connectivity index (χ3v) is 40.0. The Morgan fingerprint density at radius 3 is 1.26 bits per heavy atom. The minimum atomic E-state index is -1.39. The number of para-hydroxylation sites is 1. The zero-order valence-corrected chi connectivity index (χ0v) is 83.4. The number of rotatable bonds is 11. The molecule has 10 aliphatic rings. The van der Waals surface area contributed by atoms with Crippen LogP contribution in [0.5, 0.6) is 0 Å². The minimum absolute atomic E-state index is 0.0529. The standard InChI is InChI=1S/C70H57NSi.C66H57NSi/c1-72(2,3)56-30-28-45(29-31-56)47-14-10-15-51(39-47)66-57-17-4-6-19-59(57)67(60-20-7-5-18-58(60)66)52-27-26-48-38-50(25-24-49(48)40-52)53-41-63(61-22-11-13-46-16-12-32-71-69(46)61)68-62-21-8-9-23-64(62)70(65(68)42-53)54-34-43-33-44(36-54)37-55(70)35-43;1-39-17-24-56-57(29-39)59(65-53-14-8-6-12-51(53)64(52-13-7-9-15-54(52)65)55-16-10-11-44-27-28-67-38-60(44)55)30-40(2)63(56)46-21-26-61-58(36-46)50-25-20-45(43-18-22-49(23-19-43)68(3,4)5)37-62(50)66(61)47-32-41-31-42(34-47)35-48(66)33-41/h4-32,38-44,54-55H,33-37H2,1-3H3;6-30,36-38,41-42,47-48H,31-35H2,1-5H3. The molecule has 4 heteroatoms. The molecule has 21 aromatic rings. The average Bonchev–Trinajstić information content (AvgIpc) is 1.51. The van der Waals surface area contributed by atoms with Crippen LogP contribution in [0.1, 0.15) is 97.6 Å². The summed E-state index contributed by atoms with van der Waals surface area (Å²) in [7, 11) is -2.78. The summed E-state index contributed by atoms with van der Waals surface area (Å²) in [5.74, 6) is 6.39. The van der Waals surface area contributed by atoms with Gasteiger partial charge in [0.25, 0.3) is 0 Å². The Morgan fingerprint density at radius 2 is 0.664 bits per heavy atom. The quantitative estimate of drug-likeness (QED) is 0.0953. The van der Waals surface area contributed by atoms with Crippen LogP contribution in [0.3, 0.4) is 0 Å². The fraction of sp³-hybridized carbons (Fsp3) is 0.206. The number of fused-ring (bicyclic) bond motifs is 14. The number of hydrogen-bond acceptors (Lipinski definition) is 2. The summed E-state index contributed by atoms with van der Waals surface area (Å²) < 4.78 is 0. The lowest BCUT2D eigenvalue weighted by Gasteiger charge is -2.61. The first-order valence-electron chi connectivity index (χ1n) is 51.9. The molecule has 2 aromatic heterocycles. The Balaban J connectivity index is 0.000000138. The Labute approximate surface area is 824 Å². The highest BCUT2D eigenvalue weighted by Crippen LogP contribution is 2.73. The van der Waals surface area contributed by atoms with Crippen LogP contribution in [0.4, 0.5) is 0 Å². The summed E-state index contributed by atoms with van der Waals surface area (Å²) in [4.78, 5) is 9.68. The van der Waals surface area contributed by atoms with Crippen molar-refractivity contribution in [1.29, 1.82) is 0 Å². The fourth-order valence-electron chi connectivity index (χ4n) is 30.3. The molecule has 0 radical (unpaired) electrons. The summed E-state index contributed by atoms with van der Waals surface area (Å²) in [6.45, 7) is 19.2. The van der Waals surface area contributed by atoms with Gasteiger partial charge in [-0.3, -0.25) is 9.97 Å². The smallest absolute Gasteiger partial charge is 0.0780 e. The Morgan fingerprint density at radius 1 is 0.229 bits per heavy atom. The molecule has 2 spiro atoms. The molecule has 0 aliphatic heterocycles. The zero-order valence-electron chi connectivity index (χ0n) is 81.4. The summed E-state index contributed by atoms with van der Waals surface area (Å²) in [5.41, 5.74) is 39.3. The molecule has 31 rings (SSSR count). The topological polar surface area (TPSA) is 25.8 Å². The van der Waals surface area contributed by atoms with Gasteiger partial charge in [-0.2, -0.15) is 0 Å². The maximum absolute atomic E-state index is 5.07. The molecule has 2 nitrogen and oxygen atoms in total. The molecule has 0 unspecified atom stereocenters. The monoisotopic (exact) mass is 1830 g/mol. The minimum Gasteiger partial charge on any atom is -0.264 e. The zero-order chi connectivity index (χ0) is 93.5. The molecule has 0 saturated heterocycles. The van der Waals surface area contributed by atoms with Crippen LogP contribution in [-0.4, -0.2) is 26.1 Å². The van der Waals surface area contributed by atoms with E-state index >= 15 is 0 Å². The molecular formula is C136H114N2Si2. The van der Waals surface area contributed by atoms with E-state index in [1.807, 2.05) is 18.6 Å². The lowest BCUT2D eigenvalue weighted by molar-refractivity contribution is -0.0399. The van der Waals surface area contributed by atoms with Crippen LogP contribution in [0.2, 0.25) is 39.3 Å². The summed E-state index contributed by atoms with van der Waals surface area (Å²) >= 11 is 0. The van der Waals surface area contributed by atoms with E-state index in [0.717, 1.165) is 29.2 Å². The van der Waals surface area contributed by atoms with Crippen LogP contribution in [0.15, 0.2) is 377 Å². The summed E-state index contributed by atoms with van der Waals surface area (Å²) in [6.07, 6.45) is 19.8. The highest BCUT2D eigenvalue weighted by molar-refractivity contribution is 6.89. The molecule has 0 amide bonds. The van der Waals surface area contributed by atoms with E-state index in [2.05, 4.69) is 416 Å². The van der Waals surface area contributed by atoms with Crippen molar-refractivity contribution in [1.82, 2.24) is 9.97 Å². The SMILES string of the molecule is C[Si](C)(C)c1ccc(-c2cccc(-c3c4ccccc4c(-c4ccc5cc(-c6cc(-c7cccc8cccnc78)c7c(c6)C6(c8ccccc8-7)C7CC8CC(C7)CC6C8)ccc5c4)c4ccccc34)c2)cc1.Cc1ccc2c(-c3ccc4c(c3)-c3ccc(-c5ccc([Si](C)(C)C)cc5)cc3C43C4CC5CC(C4)CC3C5)c(C)cc(-c3c4ccccc4c(-c4cccc5ccncc45)c4ccccc34)c2c1. The Bertz CT molecular complexity index is 8640. The molecule has 10 aliphatic carbocycles. The predicted octanol–water partition coefficient (Wildman–Crippen LogP) is 35.5. The van der Waals surface area contributed by atoms with Gasteiger partial charge in [0.2, 0.25) is 0 Å². The first-order chi connectivity index (χ1) is 68.4. The van der Waals surface area contributed by atoms with Crippen LogP contribution in [0.25, 0.3) is 209 Å². The van der Waals surface area contributed by atoms with E-state index in [1.54, 1.807) is 22.3 Å². The fourth-order valence-corrected chi connectivity index (χ4v) is 32.7. The van der Waals surface area contributed by atoms with E-state index in [1.165, 1.54) is 289 Å². The van der Waals surface area contributed by atoms with Crippen molar-refractivity contribution in [3.63, 3.8) is 0 Å². The normalized spacial score (nSPS) is 21.1. The molecule has 140 heavy (non-hydrogen) atoms. The van der Waals surface area contributed by atoms with E-state index in [0.29, 0.717) is 23.7 Å². The molecule has 676 valence electrons. The van der Waals surface area contributed by atoms with Crippen LogP contribution >= 0.6 is 0 Å². The highest BCUT2D eigenvalue weighted by atomic mass is 28.3. The first-order valence-corrected chi connectivity index (χ1v) is 58.9. The van der Waals surface area contributed by atoms with Gasteiger partial charge in [-0.25, -0.2) is 0 Å². The van der Waals surface area contributed by atoms with Gasteiger partial charge in [-0.05, 0) is 395 Å². The van der Waals surface area contributed by atoms with Gasteiger partial charge in [0.05, 0.1) is 21.7 Å². The molecule has 8 saturated carbocycles. The lowest BCUT2D eigenvalue weighted by atomic mass is 9.43.